The first-order chi connectivity index (χ1) is 14.3. The van der Waals surface area contributed by atoms with Crippen molar-refractivity contribution in [2.24, 2.45) is 0 Å². The summed E-state index contributed by atoms with van der Waals surface area (Å²) in [5.41, 5.74) is 1.93. The SMILES string of the molecule is CC[C@@]1(c2ccccc2)NC(=O)N(NC(=O)C[NH2+][C@H](C)c2ccc(F)cc2F)C1=O. The number of imide groups is 1. The molecule has 4 N–H and O–H groups in total. The second-order valence-electron chi connectivity index (χ2n) is 7.12. The van der Waals surface area contributed by atoms with Gasteiger partial charge in [-0.1, -0.05) is 37.3 Å². The van der Waals surface area contributed by atoms with Crippen LogP contribution in [0.2, 0.25) is 0 Å². The predicted molar refractivity (Wildman–Crippen MR) is 103 cm³/mol. The molecule has 0 saturated carbocycles. The molecule has 2 aromatic rings. The summed E-state index contributed by atoms with van der Waals surface area (Å²) in [4.78, 5) is 37.7. The molecular formula is C21H23F2N4O3+. The normalized spacial score (nSPS) is 19.5. The van der Waals surface area contributed by atoms with Gasteiger partial charge in [0, 0.05) is 11.6 Å². The number of carbonyl (C=O) groups excluding carboxylic acids is 3. The third kappa shape index (κ3) is 4.02. The van der Waals surface area contributed by atoms with Gasteiger partial charge in [-0.05, 0) is 31.0 Å². The van der Waals surface area contributed by atoms with Crippen molar-refractivity contribution in [1.82, 2.24) is 15.8 Å². The number of benzene rings is 2. The van der Waals surface area contributed by atoms with Crippen molar-refractivity contribution in [1.29, 1.82) is 0 Å². The van der Waals surface area contributed by atoms with E-state index in [0.29, 0.717) is 17.0 Å². The van der Waals surface area contributed by atoms with Crippen LogP contribution < -0.4 is 16.1 Å². The molecule has 2 aromatic carbocycles. The molecular weight excluding hydrogens is 394 g/mol. The average molecular weight is 417 g/mol. The molecule has 1 saturated heterocycles. The summed E-state index contributed by atoms with van der Waals surface area (Å²) in [6.45, 7) is 3.26. The van der Waals surface area contributed by atoms with E-state index >= 15 is 0 Å². The third-order valence-corrected chi connectivity index (χ3v) is 5.23. The van der Waals surface area contributed by atoms with Gasteiger partial charge >= 0.3 is 6.03 Å². The molecule has 0 aliphatic carbocycles. The van der Waals surface area contributed by atoms with Gasteiger partial charge in [0.2, 0.25) is 0 Å². The summed E-state index contributed by atoms with van der Waals surface area (Å²) in [6, 6.07) is 10.8. The molecule has 9 heteroatoms. The smallest absolute Gasteiger partial charge is 0.332 e. The van der Waals surface area contributed by atoms with Crippen molar-refractivity contribution >= 4 is 17.8 Å². The Hall–Kier alpha value is -3.33. The minimum atomic E-state index is -1.25. The van der Waals surface area contributed by atoms with E-state index in [1.165, 1.54) is 11.4 Å². The highest BCUT2D eigenvalue weighted by atomic mass is 19.1. The maximum absolute atomic E-state index is 13.9. The van der Waals surface area contributed by atoms with Gasteiger partial charge in [0.15, 0.2) is 6.54 Å². The van der Waals surface area contributed by atoms with Gasteiger partial charge in [-0.3, -0.25) is 15.0 Å². The molecule has 4 amide bonds. The fourth-order valence-corrected chi connectivity index (χ4v) is 3.49. The summed E-state index contributed by atoms with van der Waals surface area (Å²) in [7, 11) is 0. The lowest BCUT2D eigenvalue weighted by molar-refractivity contribution is -0.682. The number of quaternary nitrogens is 1. The van der Waals surface area contributed by atoms with Crippen LogP contribution in [-0.4, -0.2) is 29.4 Å². The topological polar surface area (TPSA) is 95.1 Å². The number of amides is 4. The van der Waals surface area contributed by atoms with Crippen molar-refractivity contribution in [3.8, 4) is 0 Å². The van der Waals surface area contributed by atoms with E-state index in [1.807, 2.05) is 0 Å². The minimum absolute atomic E-state index is 0.167. The first-order valence-corrected chi connectivity index (χ1v) is 9.58. The number of rotatable bonds is 7. The molecule has 1 aliphatic rings. The van der Waals surface area contributed by atoms with Gasteiger partial charge in [-0.2, -0.15) is 5.01 Å². The Kier molecular flexibility index (Phi) is 6.12. The van der Waals surface area contributed by atoms with Gasteiger partial charge in [0.25, 0.3) is 11.8 Å². The predicted octanol–water partition coefficient (Wildman–Crippen LogP) is 1.48. The zero-order valence-electron chi connectivity index (χ0n) is 16.6. The second kappa shape index (κ2) is 8.58. The van der Waals surface area contributed by atoms with Gasteiger partial charge in [0.1, 0.15) is 23.2 Å². The first kappa shape index (κ1) is 21.4. The fraction of sp³-hybridized carbons (Fsp3) is 0.286. The molecule has 2 atom stereocenters. The van der Waals surface area contributed by atoms with Crippen LogP contribution in [0.4, 0.5) is 13.6 Å². The quantitative estimate of drug-likeness (QED) is 0.596. The van der Waals surface area contributed by atoms with E-state index in [1.54, 1.807) is 44.2 Å². The van der Waals surface area contributed by atoms with Gasteiger partial charge < -0.3 is 10.6 Å². The molecule has 158 valence electrons. The molecule has 1 aliphatic heterocycles. The highest BCUT2D eigenvalue weighted by molar-refractivity contribution is 6.08. The van der Waals surface area contributed by atoms with E-state index in [-0.39, 0.29) is 12.1 Å². The highest BCUT2D eigenvalue weighted by Crippen LogP contribution is 2.31. The lowest BCUT2D eigenvalue weighted by Crippen LogP contribution is -2.87. The van der Waals surface area contributed by atoms with E-state index < -0.39 is 41.1 Å². The van der Waals surface area contributed by atoms with E-state index in [0.717, 1.165) is 12.1 Å². The number of hydrogen-bond donors (Lipinski definition) is 3. The van der Waals surface area contributed by atoms with Crippen LogP contribution in [0.25, 0.3) is 0 Å². The third-order valence-electron chi connectivity index (χ3n) is 5.23. The number of nitrogens with zero attached hydrogens (tertiary/aromatic N) is 1. The van der Waals surface area contributed by atoms with E-state index in [9.17, 15) is 23.2 Å². The standard InChI is InChI=1S/C21H22F2N4O3/c1-3-21(14-7-5-4-6-8-14)19(29)27(20(30)25-21)26-18(28)12-24-13(2)16-10-9-15(22)11-17(16)23/h4-11,13,24H,3,12H2,1-2H3,(H,25,30)(H,26,28)/p+1/t13-,21+/m1/s1. The van der Waals surface area contributed by atoms with Crippen LogP contribution in [-0.2, 0) is 15.1 Å². The number of nitrogens with one attached hydrogen (secondary N) is 2. The van der Waals surface area contributed by atoms with Crippen molar-refractivity contribution < 1.29 is 28.5 Å². The summed E-state index contributed by atoms with van der Waals surface area (Å²) in [5, 5.41) is 4.87. The monoisotopic (exact) mass is 417 g/mol. The Labute approximate surface area is 172 Å². The Balaban J connectivity index is 1.65. The summed E-state index contributed by atoms with van der Waals surface area (Å²) in [5.74, 6) is -2.57. The molecule has 0 bridgehead atoms. The van der Waals surface area contributed by atoms with Crippen molar-refractivity contribution in [2.45, 2.75) is 31.8 Å². The molecule has 0 aromatic heterocycles. The number of urea groups is 1. The first-order valence-electron chi connectivity index (χ1n) is 9.58. The van der Waals surface area contributed by atoms with Gasteiger partial charge in [0.05, 0.1) is 0 Å². The lowest BCUT2D eigenvalue weighted by atomic mass is 9.87. The fourth-order valence-electron chi connectivity index (χ4n) is 3.49. The summed E-state index contributed by atoms with van der Waals surface area (Å²) < 4.78 is 26.9. The Morgan fingerprint density at radius 2 is 1.90 bits per heavy atom. The zero-order chi connectivity index (χ0) is 21.9. The number of nitrogens with two attached hydrogens (primary N) is 1. The van der Waals surface area contributed by atoms with Crippen LogP contribution in [0.1, 0.15) is 37.4 Å². The largest absolute Gasteiger partial charge is 0.344 e. The molecule has 0 spiro atoms. The number of carbonyl (C=O) groups is 3. The molecule has 7 nitrogen and oxygen atoms in total. The van der Waals surface area contributed by atoms with E-state index in [2.05, 4.69) is 10.7 Å². The number of hydrazine groups is 1. The Morgan fingerprint density at radius 3 is 2.53 bits per heavy atom. The molecule has 30 heavy (non-hydrogen) atoms. The Bertz CT molecular complexity index is 970. The van der Waals surface area contributed by atoms with Crippen LogP contribution in [0, 0.1) is 11.6 Å². The average Bonchev–Trinajstić information content (AvgIpc) is 2.97. The van der Waals surface area contributed by atoms with E-state index in [4.69, 9.17) is 0 Å². The summed E-state index contributed by atoms with van der Waals surface area (Å²) >= 11 is 0. The van der Waals surface area contributed by atoms with Crippen molar-refractivity contribution in [3.05, 3.63) is 71.3 Å². The minimum Gasteiger partial charge on any atom is -0.332 e. The molecule has 0 radical (unpaired) electrons. The van der Waals surface area contributed by atoms with Crippen LogP contribution >= 0.6 is 0 Å². The van der Waals surface area contributed by atoms with Crippen molar-refractivity contribution in [3.63, 3.8) is 0 Å². The maximum atomic E-state index is 13.9. The Morgan fingerprint density at radius 1 is 1.20 bits per heavy atom. The second-order valence-corrected chi connectivity index (χ2v) is 7.12. The maximum Gasteiger partial charge on any atom is 0.344 e. The molecule has 1 fully saturated rings. The van der Waals surface area contributed by atoms with Crippen LogP contribution in [0.5, 0.6) is 0 Å². The van der Waals surface area contributed by atoms with Crippen LogP contribution in [0.15, 0.2) is 48.5 Å². The van der Waals surface area contributed by atoms with Gasteiger partial charge in [-0.25, -0.2) is 13.6 Å². The summed E-state index contributed by atoms with van der Waals surface area (Å²) in [6.07, 6.45) is 0.307. The lowest BCUT2D eigenvalue weighted by Gasteiger charge is -2.25. The van der Waals surface area contributed by atoms with Gasteiger partial charge in [-0.15, -0.1) is 0 Å². The molecule has 1 heterocycles. The van der Waals surface area contributed by atoms with Crippen LogP contribution in [0.3, 0.4) is 0 Å². The van der Waals surface area contributed by atoms with Crippen molar-refractivity contribution in [2.75, 3.05) is 6.54 Å². The zero-order valence-corrected chi connectivity index (χ0v) is 16.6. The number of hydrogen-bond acceptors (Lipinski definition) is 3. The highest BCUT2D eigenvalue weighted by Gasteiger charge is 2.52. The molecule has 0 unspecified atom stereocenters. The molecule has 3 rings (SSSR count). The number of halogens is 2.